The lowest BCUT2D eigenvalue weighted by Gasteiger charge is -2.41. The highest BCUT2D eigenvalue weighted by Crippen LogP contribution is 2.37. The molecule has 0 aromatic heterocycles. The average molecular weight is 283 g/mol. The molecule has 0 bridgehead atoms. The van der Waals surface area contributed by atoms with Gasteiger partial charge in [-0.05, 0) is 31.6 Å². The second kappa shape index (κ2) is 6.95. The van der Waals surface area contributed by atoms with Crippen LogP contribution in [0.5, 0.6) is 0 Å². The Morgan fingerprint density at radius 3 is 2.90 bits per heavy atom. The molecule has 0 spiro atoms. The first-order chi connectivity index (χ1) is 9.67. The molecule has 2 saturated heterocycles. The van der Waals surface area contributed by atoms with E-state index in [0.29, 0.717) is 25.4 Å². The van der Waals surface area contributed by atoms with Crippen LogP contribution in [0, 0.1) is 5.92 Å². The summed E-state index contributed by atoms with van der Waals surface area (Å²) in [5.74, 6) is 0.287. The molecule has 2 heterocycles. The zero-order chi connectivity index (χ0) is 14.5. The monoisotopic (exact) mass is 283 g/mol. The molecule has 0 aliphatic carbocycles. The zero-order valence-electron chi connectivity index (χ0n) is 12.5. The number of carbonyl (C=O) groups is 2. The Morgan fingerprint density at radius 2 is 2.20 bits per heavy atom. The van der Waals surface area contributed by atoms with Crippen LogP contribution in [0.1, 0.15) is 51.9 Å². The second-order valence-electron chi connectivity index (χ2n) is 5.80. The van der Waals surface area contributed by atoms with Gasteiger partial charge in [-0.1, -0.05) is 19.8 Å². The number of methoxy groups -OCH3 is 1. The summed E-state index contributed by atoms with van der Waals surface area (Å²) in [4.78, 5) is 25.2. The molecule has 0 unspecified atom stereocenters. The molecule has 3 atom stereocenters. The molecular formula is C15H25NO4. The van der Waals surface area contributed by atoms with Crippen molar-refractivity contribution >= 4 is 12.1 Å². The molecule has 20 heavy (non-hydrogen) atoms. The lowest BCUT2D eigenvalue weighted by atomic mass is 9.81. The third kappa shape index (κ3) is 3.25. The number of carbonyl (C=O) groups excluding carboxylic acids is 2. The molecule has 5 nitrogen and oxygen atoms in total. The molecule has 0 aromatic carbocycles. The Bertz CT molecular complexity index is 358. The molecule has 2 aliphatic heterocycles. The van der Waals surface area contributed by atoms with Gasteiger partial charge in [0.25, 0.3) is 0 Å². The van der Waals surface area contributed by atoms with Crippen molar-refractivity contribution in [2.24, 2.45) is 5.92 Å². The first kappa shape index (κ1) is 15.1. The minimum absolute atomic E-state index is 0.134. The summed E-state index contributed by atoms with van der Waals surface area (Å²) >= 11 is 0. The smallest absolute Gasteiger partial charge is 0.410 e. The lowest BCUT2D eigenvalue weighted by Crippen LogP contribution is -2.50. The maximum Gasteiger partial charge on any atom is 0.410 e. The van der Waals surface area contributed by atoms with E-state index in [4.69, 9.17) is 9.47 Å². The molecule has 5 heteroatoms. The fraction of sp³-hybridized carbons (Fsp3) is 0.867. The Labute approximate surface area is 120 Å². The quantitative estimate of drug-likeness (QED) is 0.703. The summed E-state index contributed by atoms with van der Waals surface area (Å²) in [5.41, 5.74) is 0. The molecule has 114 valence electrons. The van der Waals surface area contributed by atoms with Crippen molar-refractivity contribution < 1.29 is 19.1 Å². The van der Waals surface area contributed by atoms with Gasteiger partial charge in [0.2, 0.25) is 0 Å². The van der Waals surface area contributed by atoms with Crippen LogP contribution in [0.2, 0.25) is 0 Å². The van der Waals surface area contributed by atoms with E-state index < -0.39 is 0 Å². The SMILES string of the molecule is CCCC[C@H]1CC[C@H]2COC(=O)N2[C@@H]1CCC(=O)OC. The highest BCUT2D eigenvalue weighted by atomic mass is 16.6. The van der Waals surface area contributed by atoms with Crippen LogP contribution in [0.4, 0.5) is 4.79 Å². The molecule has 1 amide bonds. The number of ether oxygens (including phenoxy) is 2. The molecular weight excluding hydrogens is 258 g/mol. The van der Waals surface area contributed by atoms with Gasteiger partial charge in [0, 0.05) is 12.5 Å². The van der Waals surface area contributed by atoms with Crippen LogP contribution in [0.15, 0.2) is 0 Å². The van der Waals surface area contributed by atoms with Crippen LogP contribution in [-0.2, 0) is 14.3 Å². The predicted octanol–water partition coefficient (Wildman–Crippen LogP) is 2.73. The summed E-state index contributed by atoms with van der Waals surface area (Å²) in [6.45, 7) is 2.69. The number of nitrogens with zero attached hydrogens (tertiary/aromatic N) is 1. The van der Waals surface area contributed by atoms with Crippen LogP contribution in [-0.4, -0.2) is 42.8 Å². The van der Waals surface area contributed by atoms with E-state index in [-0.39, 0.29) is 24.1 Å². The standard InChI is InChI=1S/C15H25NO4/c1-3-4-5-11-6-7-12-10-20-15(18)16(12)13(11)8-9-14(17)19-2/h11-13H,3-10H2,1-2H3/t11-,12-,13+/m0/s1. The molecule has 2 aliphatic rings. The van der Waals surface area contributed by atoms with E-state index in [1.54, 1.807) is 0 Å². The molecule has 0 radical (unpaired) electrons. The van der Waals surface area contributed by atoms with E-state index in [1.807, 2.05) is 4.90 Å². The number of cyclic esters (lactones) is 1. The molecule has 0 aromatic rings. The number of esters is 1. The first-order valence-electron chi connectivity index (χ1n) is 7.69. The molecule has 2 rings (SSSR count). The summed E-state index contributed by atoms with van der Waals surface area (Å²) in [5, 5.41) is 0. The fourth-order valence-electron chi connectivity index (χ4n) is 3.47. The number of piperidine rings is 1. The Kier molecular flexibility index (Phi) is 5.26. The maximum absolute atomic E-state index is 11.9. The number of hydrogen-bond acceptors (Lipinski definition) is 4. The van der Waals surface area contributed by atoms with Gasteiger partial charge in [-0.15, -0.1) is 0 Å². The average Bonchev–Trinajstić information content (AvgIpc) is 2.84. The second-order valence-corrected chi connectivity index (χ2v) is 5.80. The largest absolute Gasteiger partial charge is 0.469 e. The topological polar surface area (TPSA) is 55.8 Å². The third-order valence-corrected chi connectivity index (χ3v) is 4.58. The summed E-state index contributed by atoms with van der Waals surface area (Å²) in [6, 6.07) is 0.345. The van der Waals surface area contributed by atoms with E-state index >= 15 is 0 Å². The zero-order valence-corrected chi connectivity index (χ0v) is 12.5. The number of hydrogen-bond donors (Lipinski definition) is 0. The van der Waals surface area contributed by atoms with Crippen molar-refractivity contribution in [2.75, 3.05) is 13.7 Å². The third-order valence-electron chi connectivity index (χ3n) is 4.58. The van der Waals surface area contributed by atoms with Gasteiger partial charge in [-0.3, -0.25) is 9.69 Å². The van der Waals surface area contributed by atoms with E-state index in [0.717, 1.165) is 25.7 Å². The predicted molar refractivity (Wildman–Crippen MR) is 74.3 cm³/mol. The highest BCUT2D eigenvalue weighted by molar-refractivity contribution is 5.71. The molecule has 0 saturated carbocycles. The first-order valence-corrected chi connectivity index (χ1v) is 7.69. The normalized spacial score (nSPS) is 29.0. The number of amides is 1. The summed E-state index contributed by atoms with van der Waals surface area (Å²) < 4.78 is 9.91. The van der Waals surface area contributed by atoms with Gasteiger partial charge in [-0.25, -0.2) is 4.79 Å². The number of unbranched alkanes of at least 4 members (excludes halogenated alkanes) is 1. The van der Waals surface area contributed by atoms with Gasteiger partial charge >= 0.3 is 12.1 Å². The van der Waals surface area contributed by atoms with E-state index in [2.05, 4.69) is 6.92 Å². The van der Waals surface area contributed by atoms with Gasteiger partial charge in [-0.2, -0.15) is 0 Å². The Hall–Kier alpha value is -1.26. The Balaban J connectivity index is 2.03. The van der Waals surface area contributed by atoms with Crippen molar-refractivity contribution in [1.29, 1.82) is 0 Å². The van der Waals surface area contributed by atoms with Crippen LogP contribution in [0.3, 0.4) is 0 Å². The van der Waals surface area contributed by atoms with Crippen molar-refractivity contribution in [3.63, 3.8) is 0 Å². The van der Waals surface area contributed by atoms with E-state index in [1.165, 1.54) is 13.5 Å². The minimum Gasteiger partial charge on any atom is -0.469 e. The van der Waals surface area contributed by atoms with Crippen molar-refractivity contribution in [2.45, 2.75) is 64.0 Å². The lowest BCUT2D eigenvalue weighted by molar-refractivity contribution is -0.141. The highest BCUT2D eigenvalue weighted by Gasteiger charge is 2.44. The van der Waals surface area contributed by atoms with Crippen molar-refractivity contribution in [3.8, 4) is 0 Å². The van der Waals surface area contributed by atoms with Crippen LogP contribution in [0.25, 0.3) is 0 Å². The van der Waals surface area contributed by atoms with Gasteiger partial charge in [0.1, 0.15) is 6.61 Å². The van der Waals surface area contributed by atoms with E-state index in [9.17, 15) is 9.59 Å². The summed E-state index contributed by atoms with van der Waals surface area (Å²) in [6.07, 6.45) is 6.47. The van der Waals surface area contributed by atoms with Crippen molar-refractivity contribution in [3.05, 3.63) is 0 Å². The summed E-state index contributed by atoms with van der Waals surface area (Å²) in [7, 11) is 1.41. The van der Waals surface area contributed by atoms with Crippen molar-refractivity contribution in [1.82, 2.24) is 4.90 Å². The molecule has 0 N–H and O–H groups in total. The molecule has 2 fully saturated rings. The van der Waals surface area contributed by atoms with Gasteiger partial charge in [0.05, 0.1) is 13.2 Å². The minimum atomic E-state index is -0.203. The Morgan fingerprint density at radius 1 is 1.40 bits per heavy atom. The number of fused-ring (bicyclic) bond motifs is 1. The fourth-order valence-corrected chi connectivity index (χ4v) is 3.47. The van der Waals surface area contributed by atoms with Gasteiger partial charge < -0.3 is 9.47 Å². The van der Waals surface area contributed by atoms with Crippen LogP contribution < -0.4 is 0 Å². The van der Waals surface area contributed by atoms with Gasteiger partial charge in [0.15, 0.2) is 0 Å². The van der Waals surface area contributed by atoms with Crippen LogP contribution >= 0.6 is 0 Å². The number of rotatable bonds is 6. The maximum atomic E-state index is 11.9.